The van der Waals surface area contributed by atoms with E-state index in [4.69, 9.17) is 0 Å². The fourth-order valence-electron chi connectivity index (χ4n) is 2.54. The van der Waals surface area contributed by atoms with Crippen molar-refractivity contribution in [3.05, 3.63) is 34.2 Å². The van der Waals surface area contributed by atoms with Crippen molar-refractivity contribution in [1.82, 2.24) is 14.8 Å². The molecular formula is C15H25N3O. The van der Waals surface area contributed by atoms with Gasteiger partial charge in [0.25, 0.3) is 5.56 Å². The maximum Gasteiger partial charge on any atom is 0.250 e. The maximum absolute atomic E-state index is 11.5. The highest BCUT2D eigenvalue weighted by Crippen LogP contribution is 2.08. The fraction of sp³-hybridized carbons (Fsp3) is 0.667. The molecule has 0 atom stereocenters. The Balaban J connectivity index is 1.61. The topological polar surface area (TPSA) is 37.3 Å². The minimum absolute atomic E-state index is 0.0626. The normalized spacial score (nSPS) is 16.7. The molecule has 1 fully saturated rings. The summed E-state index contributed by atoms with van der Waals surface area (Å²) in [5, 5.41) is 3.41. The van der Waals surface area contributed by atoms with Gasteiger partial charge in [0.05, 0.1) is 0 Å². The van der Waals surface area contributed by atoms with Crippen LogP contribution in [0.15, 0.2) is 23.1 Å². The smallest absolute Gasteiger partial charge is 0.250 e. The summed E-state index contributed by atoms with van der Waals surface area (Å²) < 4.78 is 1.60. The minimum atomic E-state index is 0.0626. The van der Waals surface area contributed by atoms with Crippen LogP contribution in [-0.4, -0.2) is 35.6 Å². The van der Waals surface area contributed by atoms with Gasteiger partial charge >= 0.3 is 0 Å². The van der Waals surface area contributed by atoms with Crippen LogP contribution in [0.4, 0.5) is 0 Å². The van der Waals surface area contributed by atoms with Crippen molar-refractivity contribution in [2.45, 2.75) is 32.2 Å². The number of hydrogen-bond acceptors (Lipinski definition) is 3. The van der Waals surface area contributed by atoms with Gasteiger partial charge in [-0.2, -0.15) is 0 Å². The van der Waals surface area contributed by atoms with Crippen LogP contribution in [-0.2, 0) is 13.6 Å². The molecule has 0 radical (unpaired) electrons. The Morgan fingerprint density at radius 2 is 2.05 bits per heavy atom. The summed E-state index contributed by atoms with van der Waals surface area (Å²) >= 11 is 0. The molecule has 0 saturated carbocycles. The average Bonchev–Trinajstić information content (AvgIpc) is 2.43. The van der Waals surface area contributed by atoms with Gasteiger partial charge in [0.1, 0.15) is 0 Å². The lowest BCUT2D eigenvalue weighted by atomic mass is 10.1. The van der Waals surface area contributed by atoms with E-state index in [0.29, 0.717) is 0 Å². The van der Waals surface area contributed by atoms with Crippen LogP contribution in [0, 0.1) is 0 Å². The standard InChI is InChI=1S/C15H25N3O/c1-17-11-6-14(12-15(17)19)13-16-7-5-10-18-8-3-2-4-9-18/h6,11-12,16H,2-5,7-10,13H2,1H3. The molecule has 0 amide bonds. The molecular weight excluding hydrogens is 238 g/mol. The highest BCUT2D eigenvalue weighted by atomic mass is 16.1. The fourth-order valence-corrected chi connectivity index (χ4v) is 2.54. The zero-order valence-corrected chi connectivity index (χ0v) is 11.9. The predicted molar refractivity (Wildman–Crippen MR) is 78.3 cm³/mol. The lowest BCUT2D eigenvalue weighted by Gasteiger charge is -2.26. The van der Waals surface area contributed by atoms with Crippen LogP contribution in [0.5, 0.6) is 0 Å². The van der Waals surface area contributed by atoms with Gasteiger partial charge in [-0.3, -0.25) is 4.79 Å². The number of likely N-dealkylation sites (tertiary alicyclic amines) is 1. The second kappa shape index (κ2) is 7.46. The van der Waals surface area contributed by atoms with E-state index in [0.717, 1.165) is 18.7 Å². The molecule has 1 aromatic rings. The quantitative estimate of drug-likeness (QED) is 0.787. The number of aromatic nitrogens is 1. The van der Waals surface area contributed by atoms with E-state index >= 15 is 0 Å². The number of piperidine rings is 1. The van der Waals surface area contributed by atoms with Gasteiger partial charge in [-0.15, -0.1) is 0 Å². The van der Waals surface area contributed by atoms with E-state index < -0.39 is 0 Å². The lowest BCUT2D eigenvalue weighted by molar-refractivity contribution is 0.225. The second-order valence-electron chi connectivity index (χ2n) is 5.42. The molecule has 2 rings (SSSR count). The molecule has 4 heteroatoms. The first-order chi connectivity index (χ1) is 9.25. The highest BCUT2D eigenvalue weighted by Gasteiger charge is 2.08. The molecule has 19 heavy (non-hydrogen) atoms. The zero-order chi connectivity index (χ0) is 13.5. The first-order valence-electron chi connectivity index (χ1n) is 7.34. The third kappa shape index (κ3) is 4.80. The largest absolute Gasteiger partial charge is 0.319 e. The van der Waals surface area contributed by atoms with E-state index in [9.17, 15) is 4.79 Å². The van der Waals surface area contributed by atoms with Gasteiger partial charge in [-0.1, -0.05) is 6.42 Å². The maximum atomic E-state index is 11.5. The van der Waals surface area contributed by atoms with Crippen LogP contribution < -0.4 is 10.9 Å². The second-order valence-corrected chi connectivity index (χ2v) is 5.42. The number of hydrogen-bond donors (Lipinski definition) is 1. The SMILES string of the molecule is Cn1ccc(CNCCCN2CCCCC2)cc1=O. The van der Waals surface area contributed by atoms with Crippen molar-refractivity contribution in [2.24, 2.45) is 7.05 Å². The Kier molecular flexibility index (Phi) is 5.61. The van der Waals surface area contributed by atoms with Gasteiger partial charge in [-0.05, 0) is 57.1 Å². The van der Waals surface area contributed by atoms with E-state index in [-0.39, 0.29) is 5.56 Å². The summed E-state index contributed by atoms with van der Waals surface area (Å²) in [6.07, 6.45) is 7.14. The number of nitrogens with one attached hydrogen (secondary N) is 1. The lowest BCUT2D eigenvalue weighted by Crippen LogP contribution is -2.32. The summed E-state index contributed by atoms with van der Waals surface area (Å²) in [5.74, 6) is 0. The molecule has 1 N–H and O–H groups in total. The number of pyridine rings is 1. The summed E-state index contributed by atoms with van der Waals surface area (Å²) in [6, 6.07) is 3.71. The van der Waals surface area contributed by atoms with E-state index in [1.54, 1.807) is 17.7 Å². The molecule has 1 aromatic heterocycles. The van der Waals surface area contributed by atoms with Crippen molar-refractivity contribution in [3.8, 4) is 0 Å². The highest BCUT2D eigenvalue weighted by molar-refractivity contribution is 5.10. The summed E-state index contributed by atoms with van der Waals surface area (Å²) in [4.78, 5) is 14.0. The van der Waals surface area contributed by atoms with Crippen molar-refractivity contribution < 1.29 is 0 Å². The molecule has 0 aliphatic carbocycles. The van der Waals surface area contributed by atoms with Gasteiger partial charge < -0.3 is 14.8 Å². The molecule has 1 saturated heterocycles. The van der Waals surface area contributed by atoms with Crippen LogP contribution in [0.2, 0.25) is 0 Å². The van der Waals surface area contributed by atoms with Crippen molar-refractivity contribution in [3.63, 3.8) is 0 Å². The summed E-state index contributed by atoms with van der Waals surface area (Å²) in [6.45, 7) is 5.55. The Morgan fingerprint density at radius 3 is 2.79 bits per heavy atom. The van der Waals surface area contributed by atoms with E-state index in [2.05, 4.69) is 10.2 Å². The molecule has 1 aliphatic rings. The summed E-state index contributed by atoms with van der Waals surface area (Å²) in [5.41, 5.74) is 1.13. The first-order valence-corrected chi connectivity index (χ1v) is 7.34. The minimum Gasteiger partial charge on any atom is -0.319 e. The predicted octanol–water partition coefficient (Wildman–Crippen LogP) is 1.35. The Hall–Kier alpha value is -1.13. The van der Waals surface area contributed by atoms with Crippen molar-refractivity contribution >= 4 is 0 Å². The van der Waals surface area contributed by atoms with Crippen LogP contribution >= 0.6 is 0 Å². The Bertz CT molecular complexity index is 435. The molecule has 0 unspecified atom stereocenters. The molecule has 0 bridgehead atoms. The average molecular weight is 263 g/mol. The van der Waals surface area contributed by atoms with Gasteiger partial charge in [0.15, 0.2) is 0 Å². The van der Waals surface area contributed by atoms with Gasteiger partial charge in [0.2, 0.25) is 0 Å². The number of aryl methyl sites for hydroxylation is 1. The van der Waals surface area contributed by atoms with Crippen molar-refractivity contribution in [1.29, 1.82) is 0 Å². The molecule has 0 spiro atoms. The number of rotatable bonds is 6. The van der Waals surface area contributed by atoms with Crippen LogP contribution in [0.25, 0.3) is 0 Å². The monoisotopic (exact) mass is 263 g/mol. The molecule has 2 heterocycles. The third-order valence-corrected chi connectivity index (χ3v) is 3.77. The van der Waals surface area contributed by atoms with E-state index in [1.165, 1.54) is 45.3 Å². The molecule has 106 valence electrons. The summed E-state index contributed by atoms with van der Waals surface area (Å²) in [7, 11) is 1.78. The third-order valence-electron chi connectivity index (χ3n) is 3.77. The molecule has 0 aromatic carbocycles. The number of nitrogens with zero attached hydrogens (tertiary/aromatic N) is 2. The zero-order valence-electron chi connectivity index (χ0n) is 11.9. The van der Waals surface area contributed by atoms with Gasteiger partial charge in [0, 0.05) is 25.9 Å². The first kappa shape index (κ1) is 14.3. The molecule has 1 aliphatic heterocycles. The Morgan fingerprint density at radius 1 is 1.26 bits per heavy atom. The van der Waals surface area contributed by atoms with Gasteiger partial charge in [-0.25, -0.2) is 0 Å². The van der Waals surface area contributed by atoms with Crippen molar-refractivity contribution in [2.75, 3.05) is 26.2 Å². The Labute approximate surface area is 115 Å². The van der Waals surface area contributed by atoms with Crippen LogP contribution in [0.1, 0.15) is 31.2 Å². The molecule has 4 nitrogen and oxygen atoms in total. The van der Waals surface area contributed by atoms with E-state index in [1.807, 2.05) is 12.3 Å². The van der Waals surface area contributed by atoms with Crippen LogP contribution in [0.3, 0.4) is 0 Å².